The van der Waals surface area contributed by atoms with Crippen molar-refractivity contribution in [1.29, 1.82) is 0 Å². The van der Waals surface area contributed by atoms with Gasteiger partial charge in [-0.1, -0.05) is 25.5 Å². The highest BCUT2D eigenvalue weighted by Crippen LogP contribution is 2.28. The van der Waals surface area contributed by atoms with Crippen LogP contribution in [0, 0.1) is 5.92 Å². The molecule has 1 aliphatic rings. The maximum atomic E-state index is 12.6. The predicted molar refractivity (Wildman–Crippen MR) is 50.6 cm³/mol. The number of halogens is 1. The Balaban J connectivity index is 2.63. The minimum absolute atomic E-state index is 0.0321. The predicted octanol–water partition coefficient (Wildman–Crippen LogP) is 4.00. The van der Waals surface area contributed by atoms with E-state index >= 15 is 0 Å². The average molecular weight is 168 g/mol. The first-order valence-corrected chi connectivity index (χ1v) is 4.83. The Kier molecular flexibility index (Phi) is 3.51. The Morgan fingerprint density at radius 1 is 1.25 bits per heavy atom. The van der Waals surface area contributed by atoms with E-state index in [1.165, 1.54) is 18.4 Å². The zero-order chi connectivity index (χ0) is 8.97. The largest absolute Gasteiger partial charge is 0.212 e. The van der Waals surface area contributed by atoms with Gasteiger partial charge in [0.15, 0.2) is 0 Å². The molecule has 0 fully saturated rings. The third-order valence-corrected chi connectivity index (χ3v) is 2.64. The summed E-state index contributed by atoms with van der Waals surface area (Å²) >= 11 is 0. The highest BCUT2D eigenvalue weighted by molar-refractivity contribution is 5.22. The quantitative estimate of drug-likeness (QED) is 0.597. The molecule has 0 bridgehead atoms. The van der Waals surface area contributed by atoms with Crippen LogP contribution in [-0.2, 0) is 0 Å². The highest BCUT2D eigenvalue weighted by atomic mass is 19.1. The summed E-state index contributed by atoms with van der Waals surface area (Å²) in [6, 6.07) is 0. The van der Waals surface area contributed by atoms with Crippen LogP contribution in [0.3, 0.4) is 0 Å². The lowest BCUT2D eigenvalue weighted by Gasteiger charge is -2.18. The number of hydrogen-bond acceptors (Lipinski definition) is 0. The summed E-state index contributed by atoms with van der Waals surface area (Å²) < 4.78 is 12.6. The minimum atomic E-state index is 0.0321. The Morgan fingerprint density at radius 3 is 2.33 bits per heavy atom. The molecule has 0 radical (unpaired) electrons. The molecule has 0 spiro atoms. The molecular weight excluding hydrogens is 151 g/mol. The number of hydrogen-bond donors (Lipinski definition) is 0. The second-order valence-electron chi connectivity index (χ2n) is 3.37. The minimum Gasteiger partial charge on any atom is -0.212 e. The van der Waals surface area contributed by atoms with Crippen molar-refractivity contribution in [3.05, 3.63) is 23.6 Å². The Hall–Kier alpha value is -0.590. The fourth-order valence-electron chi connectivity index (χ4n) is 1.78. The van der Waals surface area contributed by atoms with Gasteiger partial charge in [0, 0.05) is 6.42 Å². The van der Waals surface area contributed by atoms with Crippen molar-refractivity contribution in [2.75, 3.05) is 0 Å². The first-order chi connectivity index (χ1) is 5.77. The smallest absolute Gasteiger partial charge is 0.100 e. The molecular formula is C11H17F. The van der Waals surface area contributed by atoms with Gasteiger partial charge in [-0.3, -0.25) is 0 Å². The molecule has 1 rings (SSSR count). The van der Waals surface area contributed by atoms with Gasteiger partial charge in [0.25, 0.3) is 0 Å². The summed E-state index contributed by atoms with van der Waals surface area (Å²) in [5, 5.41) is 0. The Morgan fingerprint density at radius 2 is 1.92 bits per heavy atom. The van der Waals surface area contributed by atoms with E-state index in [0.29, 0.717) is 12.3 Å². The van der Waals surface area contributed by atoms with Crippen molar-refractivity contribution < 1.29 is 4.39 Å². The van der Waals surface area contributed by atoms with Crippen molar-refractivity contribution >= 4 is 0 Å². The van der Waals surface area contributed by atoms with Crippen LogP contribution < -0.4 is 0 Å². The monoisotopic (exact) mass is 168 g/mol. The van der Waals surface area contributed by atoms with Crippen molar-refractivity contribution in [1.82, 2.24) is 0 Å². The van der Waals surface area contributed by atoms with Crippen LogP contribution in [0.2, 0.25) is 0 Å². The van der Waals surface area contributed by atoms with E-state index in [1.54, 1.807) is 6.08 Å². The van der Waals surface area contributed by atoms with Gasteiger partial charge in [0.1, 0.15) is 5.83 Å². The van der Waals surface area contributed by atoms with E-state index in [0.717, 1.165) is 6.42 Å². The van der Waals surface area contributed by atoms with Crippen LogP contribution in [0.4, 0.5) is 4.39 Å². The second-order valence-corrected chi connectivity index (χ2v) is 3.37. The molecule has 0 aliphatic heterocycles. The Labute approximate surface area is 74.2 Å². The van der Waals surface area contributed by atoms with E-state index in [1.807, 2.05) is 6.08 Å². The molecule has 0 unspecified atom stereocenters. The summed E-state index contributed by atoms with van der Waals surface area (Å²) in [5.41, 5.74) is 1.43. The SMILES string of the molecule is CCC(CC)C1=CC=C(F)CC1. The van der Waals surface area contributed by atoms with Crippen molar-refractivity contribution in [3.8, 4) is 0 Å². The van der Waals surface area contributed by atoms with Crippen LogP contribution in [0.15, 0.2) is 23.6 Å². The van der Waals surface area contributed by atoms with Gasteiger partial charge in [0.05, 0.1) is 0 Å². The first kappa shape index (κ1) is 9.50. The van der Waals surface area contributed by atoms with Gasteiger partial charge in [-0.2, -0.15) is 0 Å². The van der Waals surface area contributed by atoms with Crippen molar-refractivity contribution in [2.24, 2.45) is 5.92 Å². The number of allylic oxidation sites excluding steroid dienone is 4. The molecule has 12 heavy (non-hydrogen) atoms. The molecule has 0 heterocycles. The summed E-state index contributed by atoms with van der Waals surface area (Å²) in [6.45, 7) is 4.40. The summed E-state index contributed by atoms with van der Waals surface area (Å²) in [4.78, 5) is 0. The lowest BCUT2D eigenvalue weighted by molar-refractivity contribution is 0.518. The first-order valence-electron chi connectivity index (χ1n) is 4.83. The van der Waals surface area contributed by atoms with E-state index in [9.17, 15) is 4.39 Å². The maximum absolute atomic E-state index is 12.6. The van der Waals surface area contributed by atoms with Crippen LogP contribution in [0.25, 0.3) is 0 Å². The van der Waals surface area contributed by atoms with Gasteiger partial charge in [-0.25, -0.2) is 4.39 Å². The second kappa shape index (κ2) is 4.44. The lowest BCUT2D eigenvalue weighted by atomic mass is 9.88. The van der Waals surface area contributed by atoms with Crippen molar-refractivity contribution in [2.45, 2.75) is 39.5 Å². The van der Waals surface area contributed by atoms with Gasteiger partial charge >= 0.3 is 0 Å². The fraction of sp³-hybridized carbons (Fsp3) is 0.636. The highest BCUT2D eigenvalue weighted by Gasteiger charge is 2.12. The summed E-state index contributed by atoms with van der Waals surface area (Å²) in [5.74, 6) is 0.707. The van der Waals surface area contributed by atoms with Crippen LogP contribution in [0.5, 0.6) is 0 Å². The molecule has 0 N–H and O–H groups in total. The molecule has 0 aromatic heterocycles. The third kappa shape index (κ3) is 2.20. The van der Waals surface area contributed by atoms with E-state index in [4.69, 9.17) is 0 Å². The van der Waals surface area contributed by atoms with Crippen LogP contribution >= 0.6 is 0 Å². The normalized spacial score (nSPS) is 17.7. The van der Waals surface area contributed by atoms with Crippen molar-refractivity contribution in [3.63, 3.8) is 0 Å². The Bertz CT molecular complexity index is 197. The number of rotatable bonds is 3. The zero-order valence-electron chi connectivity index (χ0n) is 7.94. The van der Waals surface area contributed by atoms with Gasteiger partial charge in [-0.05, 0) is 31.3 Å². The zero-order valence-corrected chi connectivity index (χ0v) is 7.94. The summed E-state index contributed by atoms with van der Waals surface area (Å²) in [7, 11) is 0. The molecule has 0 saturated carbocycles. The molecule has 0 atom stereocenters. The average Bonchev–Trinajstić information content (AvgIpc) is 2.10. The topological polar surface area (TPSA) is 0 Å². The van der Waals surface area contributed by atoms with Crippen LogP contribution in [-0.4, -0.2) is 0 Å². The fourth-order valence-corrected chi connectivity index (χ4v) is 1.78. The molecule has 0 amide bonds. The standard InChI is InChI=1S/C11H17F/c1-3-9(4-2)10-5-7-11(12)8-6-10/h5,7,9H,3-4,6,8H2,1-2H3. The molecule has 1 aliphatic carbocycles. The summed E-state index contributed by atoms with van der Waals surface area (Å²) in [6.07, 6.45) is 7.49. The third-order valence-electron chi connectivity index (χ3n) is 2.64. The molecule has 68 valence electrons. The molecule has 1 heteroatoms. The van der Waals surface area contributed by atoms with Gasteiger partial charge in [0.2, 0.25) is 0 Å². The van der Waals surface area contributed by atoms with E-state index < -0.39 is 0 Å². The van der Waals surface area contributed by atoms with E-state index in [2.05, 4.69) is 13.8 Å². The van der Waals surface area contributed by atoms with Gasteiger partial charge < -0.3 is 0 Å². The lowest BCUT2D eigenvalue weighted by Crippen LogP contribution is -2.03. The molecule has 0 saturated heterocycles. The maximum Gasteiger partial charge on any atom is 0.100 e. The van der Waals surface area contributed by atoms with Crippen LogP contribution in [0.1, 0.15) is 39.5 Å². The molecule has 0 aromatic carbocycles. The molecule has 0 nitrogen and oxygen atoms in total. The van der Waals surface area contributed by atoms with E-state index in [-0.39, 0.29) is 5.83 Å². The van der Waals surface area contributed by atoms with Gasteiger partial charge in [-0.15, -0.1) is 0 Å². The molecule has 0 aromatic rings.